The number of hydrogen-bond donors (Lipinski definition) is 2. The van der Waals surface area contributed by atoms with Crippen molar-refractivity contribution >= 4 is 11.8 Å². The SMILES string of the molecule is CC(C)NC(=O)C1COCCN1C(=O)c1ccccc1O. The first-order chi connectivity index (χ1) is 10.0. The molecular formula is C15H20N2O4. The van der Waals surface area contributed by atoms with E-state index in [1.807, 2.05) is 13.8 Å². The second kappa shape index (κ2) is 6.58. The standard InChI is InChI=1S/C15H20N2O4/c1-10(2)16-14(19)12-9-21-8-7-17(12)15(20)11-5-3-4-6-13(11)18/h3-6,10,12,18H,7-9H2,1-2H3,(H,16,19). The van der Waals surface area contributed by atoms with E-state index in [2.05, 4.69) is 5.32 Å². The van der Waals surface area contributed by atoms with Crippen molar-refractivity contribution in [2.24, 2.45) is 0 Å². The number of aromatic hydroxyl groups is 1. The van der Waals surface area contributed by atoms with Crippen LogP contribution in [0.5, 0.6) is 5.75 Å². The molecule has 0 saturated carbocycles. The first-order valence-corrected chi connectivity index (χ1v) is 6.97. The summed E-state index contributed by atoms with van der Waals surface area (Å²) < 4.78 is 5.31. The van der Waals surface area contributed by atoms with Gasteiger partial charge in [-0.15, -0.1) is 0 Å². The molecule has 2 N–H and O–H groups in total. The molecular weight excluding hydrogens is 272 g/mol. The molecule has 1 unspecified atom stereocenters. The summed E-state index contributed by atoms with van der Waals surface area (Å²) in [6, 6.07) is 5.64. The predicted octanol–water partition coefficient (Wildman–Crippen LogP) is 0.758. The zero-order valence-electron chi connectivity index (χ0n) is 12.2. The lowest BCUT2D eigenvalue weighted by Gasteiger charge is -2.35. The predicted molar refractivity (Wildman–Crippen MR) is 77.0 cm³/mol. The largest absolute Gasteiger partial charge is 0.507 e. The van der Waals surface area contributed by atoms with Gasteiger partial charge < -0.3 is 20.1 Å². The zero-order chi connectivity index (χ0) is 15.4. The maximum Gasteiger partial charge on any atom is 0.258 e. The molecule has 1 aromatic rings. The number of nitrogens with zero attached hydrogens (tertiary/aromatic N) is 1. The van der Waals surface area contributed by atoms with Gasteiger partial charge in [-0.25, -0.2) is 0 Å². The summed E-state index contributed by atoms with van der Waals surface area (Å²) in [4.78, 5) is 26.2. The van der Waals surface area contributed by atoms with Gasteiger partial charge in [-0.3, -0.25) is 9.59 Å². The Bertz CT molecular complexity index is 530. The number of rotatable bonds is 3. The van der Waals surface area contributed by atoms with Crippen molar-refractivity contribution in [1.29, 1.82) is 0 Å². The zero-order valence-corrected chi connectivity index (χ0v) is 12.2. The lowest BCUT2D eigenvalue weighted by Crippen LogP contribution is -2.56. The number of carbonyl (C=O) groups is 2. The fourth-order valence-corrected chi connectivity index (χ4v) is 2.25. The number of phenolic OH excluding ortho intramolecular Hbond substituents is 1. The Balaban J connectivity index is 2.20. The molecule has 0 aliphatic carbocycles. The topological polar surface area (TPSA) is 78.9 Å². The minimum atomic E-state index is -0.673. The highest BCUT2D eigenvalue weighted by molar-refractivity contribution is 5.99. The van der Waals surface area contributed by atoms with Crippen LogP contribution in [0.2, 0.25) is 0 Å². The molecule has 1 atom stereocenters. The molecule has 1 aliphatic rings. The van der Waals surface area contributed by atoms with E-state index < -0.39 is 6.04 Å². The van der Waals surface area contributed by atoms with E-state index in [9.17, 15) is 14.7 Å². The molecule has 0 bridgehead atoms. The Morgan fingerprint density at radius 3 is 2.76 bits per heavy atom. The van der Waals surface area contributed by atoms with Crippen molar-refractivity contribution in [2.45, 2.75) is 25.9 Å². The van der Waals surface area contributed by atoms with Crippen molar-refractivity contribution in [3.8, 4) is 5.75 Å². The van der Waals surface area contributed by atoms with E-state index in [-0.39, 0.29) is 35.8 Å². The Kier molecular flexibility index (Phi) is 4.80. The van der Waals surface area contributed by atoms with Gasteiger partial charge in [0.1, 0.15) is 11.8 Å². The number of nitrogens with one attached hydrogen (secondary N) is 1. The molecule has 0 aromatic heterocycles. The van der Waals surface area contributed by atoms with Crippen LogP contribution in [0.3, 0.4) is 0 Å². The first-order valence-electron chi connectivity index (χ1n) is 6.97. The van der Waals surface area contributed by atoms with Gasteiger partial charge in [-0.2, -0.15) is 0 Å². The first kappa shape index (κ1) is 15.3. The lowest BCUT2D eigenvalue weighted by atomic mass is 10.1. The summed E-state index contributed by atoms with van der Waals surface area (Å²) in [5.74, 6) is -0.689. The van der Waals surface area contributed by atoms with Crippen LogP contribution in [0.4, 0.5) is 0 Å². The van der Waals surface area contributed by atoms with E-state index in [4.69, 9.17) is 4.74 Å². The monoisotopic (exact) mass is 292 g/mol. The van der Waals surface area contributed by atoms with Gasteiger partial charge in [-0.05, 0) is 26.0 Å². The Morgan fingerprint density at radius 2 is 2.10 bits per heavy atom. The molecule has 2 rings (SSSR count). The van der Waals surface area contributed by atoms with E-state index in [0.29, 0.717) is 13.2 Å². The van der Waals surface area contributed by atoms with Gasteiger partial charge in [0.2, 0.25) is 5.91 Å². The van der Waals surface area contributed by atoms with E-state index in [1.165, 1.54) is 11.0 Å². The van der Waals surface area contributed by atoms with Crippen LogP contribution in [0.25, 0.3) is 0 Å². The average Bonchev–Trinajstić information content (AvgIpc) is 2.46. The molecule has 1 fully saturated rings. The number of hydrogen-bond acceptors (Lipinski definition) is 4. The summed E-state index contributed by atoms with van der Waals surface area (Å²) in [6.07, 6.45) is 0. The summed E-state index contributed by atoms with van der Waals surface area (Å²) in [7, 11) is 0. The van der Waals surface area contributed by atoms with Crippen LogP contribution in [0, 0.1) is 0 Å². The minimum Gasteiger partial charge on any atom is -0.507 e. The van der Waals surface area contributed by atoms with Crippen LogP contribution >= 0.6 is 0 Å². The number of morpholine rings is 1. The second-order valence-corrected chi connectivity index (χ2v) is 5.27. The summed E-state index contributed by atoms with van der Waals surface area (Å²) in [5, 5.41) is 12.6. The van der Waals surface area contributed by atoms with Crippen LogP contribution in [-0.4, -0.2) is 53.7 Å². The van der Waals surface area contributed by atoms with Crippen molar-refractivity contribution in [2.75, 3.05) is 19.8 Å². The van der Waals surface area contributed by atoms with Gasteiger partial charge in [-0.1, -0.05) is 12.1 Å². The Morgan fingerprint density at radius 1 is 1.38 bits per heavy atom. The third-order valence-corrected chi connectivity index (χ3v) is 3.26. The maximum atomic E-state index is 12.6. The molecule has 1 aliphatic heterocycles. The molecule has 1 heterocycles. The molecule has 2 amide bonds. The van der Waals surface area contributed by atoms with Crippen LogP contribution < -0.4 is 5.32 Å². The average molecular weight is 292 g/mol. The Labute approximate surface area is 123 Å². The van der Waals surface area contributed by atoms with Crippen LogP contribution in [-0.2, 0) is 9.53 Å². The number of amides is 2. The third-order valence-electron chi connectivity index (χ3n) is 3.26. The van der Waals surface area contributed by atoms with Gasteiger partial charge in [0, 0.05) is 12.6 Å². The third kappa shape index (κ3) is 3.52. The number of carbonyl (C=O) groups excluding carboxylic acids is 2. The fourth-order valence-electron chi connectivity index (χ4n) is 2.25. The molecule has 1 saturated heterocycles. The quantitative estimate of drug-likeness (QED) is 0.862. The molecule has 114 valence electrons. The van der Waals surface area contributed by atoms with Crippen molar-refractivity contribution in [3.63, 3.8) is 0 Å². The fraction of sp³-hybridized carbons (Fsp3) is 0.467. The number of phenols is 1. The number of ether oxygens (including phenoxy) is 1. The number of benzene rings is 1. The highest BCUT2D eigenvalue weighted by atomic mass is 16.5. The molecule has 6 heteroatoms. The van der Waals surface area contributed by atoms with Crippen molar-refractivity contribution in [1.82, 2.24) is 10.2 Å². The minimum absolute atomic E-state index is 0.0125. The van der Waals surface area contributed by atoms with Crippen LogP contribution in [0.1, 0.15) is 24.2 Å². The number of para-hydroxylation sites is 1. The smallest absolute Gasteiger partial charge is 0.258 e. The molecule has 1 aromatic carbocycles. The second-order valence-electron chi connectivity index (χ2n) is 5.27. The van der Waals surface area contributed by atoms with Crippen molar-refractivity contribution in [3.05, 3.63) is 29.8 Å². The molecule has 6 nitrogen and oxygen atoms in total. The normalized spacial score (nSPS) is 18.6. The summed E-state index contributed by atoms with van der Waals surface area (Å²) >= 11 is 0. The van der Waals surface area contributed by atoms with E-state index in [0.717, 1.165) is 0 Å². The molecule has 21 heavy (non-hydrogen) atoms. The van der Waals surface area contributed by atoms with Gasteiger partial charge >= 0.3 is 0 Å². The lowest BCUT2D eigenvalue weighted by molar-refractivity contribution is -0.131. The molecule has 0 radical (unpaired) electrons. The van der Waals surface area contributed by atoms with Crippen LogP contribution in [0.15, 0.2) is 24.3 Å². The maximum absolute atomic E-state index is 12.6. The summed E-state index contributed by atoms with van der Waals surface area (Å²) in [5.41, 5.74) is 0.196. The van der Waals surface area contributed by atoms with Gasteiger partial charge in [0.25, 0.3) is 5.91 Å². The Hall–Kier alpha value is -2.08. The summed E-state index contributed by atoms with van der Waals surface area (Å²) in [6.45, 7) is 4.58. The van der Waals surface area contributed by atoms with E-state index >= 15 is 0 Å². The molecule has 0 spiro atoms. The van der Waals surface area contributed by atoms with Gasteiger partial charge in [0.05, 0.1) is 18.8 Å². The highest BCUT2D eigenvalue weighted by Crippen LogP contribution is 2.20. The van der Waals surface area contributed by atoms with Crippen molar-refractivity contribution < 1.29 is 19.4 Å². The highest BCUT2D eigenvalue weighted by Gasteiger charge is 2.34. The van der Waals surface area contributed by atoms with Gasteiger partial charge in [0.15, 0.2) is 0 Å². The van der Waals surface area contributed by atoms with E-state index in [1.54, 1.807) is 18.2 Å².